The third kappa shape index (κ3) is 1.97. The van der Waals surface area contributed by atoms with Crippen molar-refractivity contribution in [3.05, 3.63) is 23.3 Å². The van der Waals surface area contributed by atoms with Crippen LogP contribution in [-0.2, 0) is 6.42 Å². The van der Waals surface area contributed by atoms with Gasteiger partial charge in [-0.05, 0) is 44.2 Å². The summed E-state index contributed by atoms with van der Waals surface area (Å²) in [6, 6.07) is 4.26. The van der Waals surface area contributed by atoms with Crippen LogP contribution in [0.1, 0.15) is 37.3 Å². The van der Waals surface area contributed by atoms with E-state index in [1.54, 1.807) is 0 Å². The van der Waals surface area contributed by atoms with Gasteiger partial charge in [0, 0.05) is 24.2 Å². The first-order chi connectivity index (χ1) is 8.72. The highest BCUT2D eigenvalue weighted by Crippen LogP contribution is 2.52. The number of hydrogen-bond acceptors (Lipinski definition) is 3. The molecule has 3 rings (SSSR count). The van der Waals surface area contributed by atoms with Gasteiger partial charge in [0.25, 0.3) is 0 Å². The highest BCUT2D eigenvalue weighted by atomic mass is 16.5. The van der Waals surface area contributed by atoms with E-state index in [-0.39, 0.29) is 12.7 Å². The number of hydrogen-bond donors (Lipinski definition) is 1. The number of ether oxygens (including phenoxy) is 2. The van der Waals surface area contributed by atoms with E-state index in [0.717, 1.165) is 24.3 Å². The van der Waals surface area contributed by atoms with Gasteiger partial charge in [-0.25, -0.2) is 0 Å². The Morgan fingerprint density at radius 2 is 2.28 bits per heavy atom. The zero-order chi connectivity index (χ0) is 12.7. The lowest BCUT2D eigenvalue weighted by Crippen LogP contribution is -2.05. The fourth-order valence-electron chi connectivity index (χ4n) is 2.86. The Kier molecular flexibility index (Phi) is 2.94. The molecule has 1 aliphatic carbocycles. The summed E-state index contributed by atoms with van der Waals surface area (Å²) in [5.41, 5.74) is 2.46. The van der Waals surface area contributed by atoms with E-state index in [1.807, 2.05) is 6.92 Å². The van der Waals surface area contributed by atoms with Crippen LogP contribution in [0.25, 0.3) is 0 Å². The maximum Gasteiger partial charge on any atom is 0.123 e. The molecule has 3 unspecified atom stereocenters. The molecule has 18 heavy (non-hydrogen) atoms. The molecule has 0 radical (unpaired) electrons. The Morgan fingerprint density at radius 1 is 1.44 bits per heavy atom. The molecular formula is C15H20O3. The van der Waals surface area contributed by atoms with Crippen molar-refractivity contribution in [3.8, 4) is 11.5 Å². The van der Waals surface area contributed by atoms with Crippen molar-refractivity contribution >= 4 is 0 Å². The molecule has 1 heterocycles. The minimum Gasteiger partial charge on any atom is -0.494 e. The summed E-state index contributed by atoms with van der Waals surface area (Å²) in [5.74, 6) is 2.84. The van der Waals surface area contributed by atoms with Gasteiger partial charge in [-0.2, -0.15) is 0 Å². The lowest BCUT2D eigenvalue weighted by Gasteiger charge is -2.12. The average Bonchev–Trinajstić information content (AvgIpc) is 3.04. The second kappa shape index (κ2) is 4.47. The Balaban J connectivity index is 1.94. The molecule has 0 amide bonds. The van der Waals surface area contributed by atoms with Crippen LogP contribution >= 0.6 is 0 Å². The van der Waals surface area contributed by atoms with Crippen LogP contribution in [-0.4, -0.2) is 24.4 Å². The molecule has 0 bridgehead atoms. The molecule has 3 nitrogen and oxygen atoms in total. The molecule has 1 saturated carbocycles. The smallest absolute Gasteiger partial charge is 0.123 e. The molecule has 0 saturated heterocycles. The SMILES string of the molecule is CCOc1cc2c(cc1C1CC1CO)OC(C)C2. The van der Waals surface area contributed by atoms with Gasteiger partial charge < -0.3 is 14.6 Å². The normalized spacial score (nSPS) is 28.7. The van der Waals surface area contributed by atoms with E-state index in [0.29, 0.717) is 18.4 Å². The first-order valence-corrected chi connectivity index (χ1v) is 6.80. The van der Waals surface area contributed by atoms with Crippen molar-refractivity contribution in [2.24, 2.45) is 5.92 Å². The molecule has 1 N–H and O–H groups in total. The summed E-state index contributed by atoms with van der Waals surface area (Å²) >= 11 is 0. The third-order valence-corrected chi connectivity index (χ3v) is 3.88. The molecule has 1 aliphatic heterocycles. The predicted octanol–water partition coefficient (Wildman–Crippen LogP) is 2.50. The van der Waals surface area contributed by atoms with Crippen LogP contribution in [0.4, 0.5) is 0 Å². The average molecular weight is 248 g/mol. The van der Waals surface area contributed by atoms with E-state index in [4.69, 9.17) is 9.47 Å². The van der Waals surface area contributed by atoms with Crippen molar-refractivity contribution < 1.29 is 14.6 Å². The van der Waals surface area contributed by atoms with Crippen LogP contribution in [0, 0.1) is 5.92 Å². The zero-order valence-corrected chi connectivity index (χ0v) is 11.0. The second-order valence-corrected chi connectivity index (χ2v) is 5.35. The van der Waals surface area contributed by atoms with Gasteiger partial charge in [0.2, 0.25) is 0 Å². The second-order valence-electron chi connectivity index (χ2n) is 5.35. The van der Waals surface area contributed by atoms with Crippen molar-refractivity contribution in [1.29, 1.82) is 0 Å². The van der Waals surface area contributed by atoms with Crippen LogP contribution in [0.15, 0.2) is 12.1 Å². The lowest BCUT2D eigenvalue weighted by atomic mass is 10.0. The molecule has 0 spiro atoms. The minimum absolute atomic E-state index is 0.262. The van der Waals surface area contributed by atoms with Crippen LogP contribution in [0.2, 0.25) is 0 Å². The first-order valence-electron chi connectivity index (χ1n) is 6.80. The maximum atomic E-state index is 9.22. The molecule has 1 aromatic carbocycles. The Labute approximate surface area is 108 Å². The highest BCUT2D eigenvalue weighted by molar-refractivity contribution is 5.51. The minimum atomic E-state index is 0.262. The number of aliphatic hydroxyl groups is 1. The van der Waals surface area contributed by atoms with Crippen molar-refractivity contribution in [2.75, 3.05) is 13.2 Å². The molecular weight excluding hydrogens is 228 g/mol. The third-order valence-electron chi connectivity index (χ3n) is 3.88. The maximum absolute atomic E-state index is 9.22. The number of fused-ring (bicyclic) bond motifs is 1. The van der Waals surface area contributed by atoms with Crippen molar-refractivity contribution in [3.63, 3.8) is 0 Å². The first kappa shape index (κ1) is 11.8. The fraction of sp³-hybridized carbons (Fsp3) is 0.600. The molecule has 3 atom stereocenters. The molecule has 3 heteroatoms. The molecule has 1 aromatic rings. The Hall–Kier alpha value is -1.22. The van der Waals surface area contributed by atoms with Gasteiger partial charge >= 0.3 is 0 Å². The Bertz CT molecular complexity index is 455. The standard InChI is InChI=1S/C15H20O3/c1-3-17-15-6-10-4-9(2)18-14(10)7-13(15)12-5-11(12)8-16/h6-7,9,11-12,16H,3-5,8H2,1-2H3. The van der Waals surface area contributed by atoms with Gasteiger partial charge in [-0.3, -0.25) is 0 Å². The van der Waals surface area contributed by atoms with E-state index in [2.05, 4.69) is 19.1 Å². The topological polar surface area (TPSA) is 38.7 Å². The van der Waals surface area contributed by atoms with Crippen LogP contribution in [0.5, 0.6) is 11.5 Å². The van der Waals surface area contributed by atoms with E-state index in [9.17, 15) is 5.11 Å². The summed E-state index contributed by atoms with van der Waals surface area (Å²) in [6.45, 7) is 5.05. The summed E-state index contributed by atoms with van der Waals surface area (Å²) < 4.78 is 11.6. The number of aliphatic hydroxyl groups excluding tert-OH is 1. The summed E-state index contributed by atoms with van der Waals surface area (Å²) in [7, 11) is 0. The van der Waals surface area contributed by atoms with E-state index in [1.165, 1.54) is 11.1 Å². The highest BCUT2D eigenvalue weighted by Gasteiger charge is 2.40. The van der Waals surface area contributed by atoms with Crippen molar-refractivity contribution in [1.82, 2.24) is 0 Å². The zero-order valence-electron chi connectivity index (χ0n) is 11.0. The van der Waals surface area contributed by atoms with Gasteiger partial charge in [0.15, 0.2) is 0 Å². The lowest BCUT2D eigenvalue weighted by molar-refractivity contribution is 0.254. The predicted molar refractivity (Wildman–Crippen MR) is 69.3 cm³/mol. The quantitative estimate of drug-likeness (QED) is 0.889. The monoisotopic (exact) mass is 248 g/mol. The number of benzene rings is 1. The van der Waals surface area contributed by atoms with Gasteiger partial charge in [0.1, 0.15) is 17.6 Å². The Morgan fingerprint density at radius 3 is 2.94 bits per heavy atom. The number of rotatable bonds is 4. The molecule has 2 aliphatic rings. The van der Waals surface area contributed by atoms with Crippen molar-refractivity contribution in [2.45, 2.75) is 38.7 Å². The molecule has 1 fully saturated rings. The van der Waals surface area contributed by atoms with Gasteiger partial charge in [0.05, 0.1) is 6.61 Å². The van der Waals surface area contributed by atoms with E-state index < -0.39 is 0 Å². The van der Waals surface area contributed by atoms with Crippen LogP contribution < -0.4 is 9.47 Å². The largest absolute Gasteiger partial charge is 0.494 e. The van der Waals surface area contributed by atoms with Gasteiger partial charge in [-0.15, -0.1) is 0 Å². The summed E-state index contributed by atoms with van der Waals surface area (Å²) in [5, 5.41) is 9.22. The van der Waals surface area contributed by atoms with E-state index >= 15 is 0 Å². The van der Waals surface area contributed by atoms with Crippen LogP contribution in [0.3, 0.4) is 0 Å². The molecule has 98 valence electrons. The summed E-state index contributed by atoms with van der Waals surface area (Å²) in [4.78, 5) is 0. The fourth-order valence-corrected chi connectivity index (χ4v) is 2.86. The summed E-state index contributed by atoms with van der Waals surface area (Å²) in [6.07, 6.45) is 2.28. The molecule has 0 aromatic heterocycles. The van der Waals surface area contributed by atoms with Gasteiger partial charge in [-0.1, -0.05) is 0 Å².